The van der Waals surface area contributed by atoms with Gasteiger partial charge in [0.15, 0.2) is 0 Å². The number of hydrogen-bond acceptors (Lipinski definition) is 3. The summed E-state index contributed by atoms with van der Waals surface area (Å²) in [7, 11) is -3.51. The third kappa shape index (κ3) is 1.99. The number of thiol groups is 1. The molecule has 0 saturated carbocycles. The van der Waals surface area contributed by atoms with Gasteiger partial charge in [-0.2, -0.15) is 4.13 Å². The Labute approximate surface area is 103 Å². The van der Waals surface area contributed by atoms with Crippen molar-refractivity contribution in [2.45, 2.75) is 39.5 Å². The number of nitrogens with one attached hydrogen (secondary N) is 1. The van der Waals surface area contributed by atoms with Crippen molar-refractivity contribution in [1.82, 2.24) is 4.13 Å². The van der Waals surface area contributed by atoms with Crippen LogP contribution >= 0.6 is 12.8 Å². The zero-order chi connectivity index (χ0) is 12.7. The van der Waals surface area contributed by atoms with E-state index in [2.05, 4.69) is 16.9 Å². The number of hydrogen-bond donors (Lipinski definition) is 2. The summed E-state index contributed by atoms with van der Waals surface area (Å²) < 4.78 is 25.8. The van der Waals surface area contributed by atoms with Crippen LogP contribution in [0.2, 0.25) is 0 Å². The van der Waals surface area contributed by atoms with E-state index in [-0.39, 0.29) is 0 Å². The molecule has 1 aromatic rings. The molecular formula is C11H17NO2S2. The van der Waals surface area contributed by atoms with E-state index in [0.29, 0.717) is 4.90 Å². The summed E-state index contributed by atoms with van der Waals surface area (Å²) >= 11 is 3.66. The van der Waals surface area contributed by atoms with Gasteiger partial charge in [-0.25, -0.2) is 8.42 Å². The first-order valence-electron chi connectivity index (χ1n) is 4.97. The lowest BCUT2D eigenvalue weighted by atomic mass is 9.95. The van der Waals surface area contributed by atoms with E-state index in [9.17, 15) is 8.42 Å². The first kappa shape index (κ1) is 13.5. The Morgan fingerprint density at radius 3 is 1.44 bits per heavy atom. The quantitative estimate of drug-likeness (QED) is 0.801. The van der Waals surface area contributed by atoms with Crippen molar-refractivity contribution in [3.8, 4) is 0 Å². The molecule has 0 bridgehead atoms. The van der Waals surface area contributed by atoms with Gasteiger partial charge in [-0.05, 0) is 62.4 Å². The average molecular weight is 259 g/mol. The molecule has 3 nitrogen and oxygen atoms in total. The van der Waals surface area contributed by atoms with Gasteiger partial charge in [-0.1, -0.05) is 12.8 Å². The SMILES string of the molecule is Cc1c(C)c(C)c(S(=O)(=O)NS)c(C)c1C. The van der Waals surface area contributed by atoms with Gasteiger partial charge in [-0.3, -0.25) is 0 Å². The smallest absolute Gasteiger partial charge is 0.206 e. The Kier molecular flexibility index (Phi) is 3.72. The van der Waals surface area contributed by atoms with Crippen LogP contribution in [0.1, 0.15) is 27.8 Å². The van der Waals surface area contributed by atoms with Crippen molar-refractivity contribution < 1.29 is 8.42 Å². The first-order chi connectivity index (χ1) is 7.24. The highest BCUT2D eigenvalue weighted by Gasteiger charge is 2.22. The molecule has 0 saturated heterocycles. The van der Waals surface area contributed by atoms with Gasteiger partial charge in [-0.15, -0.1) is 0 Å². The molecule has 0 amide bonds. The lowest BCUT2D eigenvalue weighted by molar-refractivity contribution is 0.593. The van der Waals surface area contributed by atoms with E-state index < -0.39 is 10.0 Å². The number of benzene rings is 1. The van der Waals surface area contributed by atoms with Crippen LogP contribution in [0.4, 0.5) is 0 Å². The molecular weight excluding hydrogens is 242 g/mol. The van der Waals surface area contributed by atoms with E-state index in [4.69, 9.17) is 0 Å². The highest BCUT2D eigenvalue weighted by atomic mass is 32.3. The van der Waals surface area contributed by atoms with Crippen LogP contribution in [-0.4, -0.2) is 8.42 Å². The topological polar surface area (TPSA) is 46.2 Å². The molecule has 0 aliphatic rings. The third-order valence-electron chi connectivity index (χ3n) is 3.32. The molecule has 1 aromatic carbocycles. The van der Waals surface area contributed by atoms with Crippen LogP contribution in [0.25, 0.3) is 0 Å². The lowest BCUT2D eigenvalue weighted by Gasteiger charge is -2.17. The fourth-order valence-electron chi connectivity index (χ4n) is 1.91. The fraction of sp³-hybridized carbons (Fsp3) is 0.455. The van der Waals surface area contributed by atoms with Crippen molar-refractivity contribution >= 4 is 22.8 Å². The van der Waals surface area contributed by atoms with Crippen molar-refractivity contribution in [1.29, 1.82) is 0 Å². The van der Waals surface area contributed by atoms with Gasteiger partial charge in [0.1, 0.15) is 0 Å². The van der Waals surface area contributed by atoms with E-state index >= 15 is 0 Å². The summed E-state index contributed by atoms with van der Waals surface area (Å²) in [6.45, 7) is 9.54. The molecule has 0 spiro atoms. The predicted octanol–water partition coefficient (Wildman–Crippen LogP) is 2.35. The van der Waals surface area contributed by atoms with Gasteiger partial charge >= 0.3 is 0 Å². The Morgan fingerprint density at radius 2 is 1.12 bits per heavy atom. The molecule has 0 radical (unpaired) electrons. The summed E-state index contributed by atoms with van der Waals surface area (Å²) in [5.41, 5.74) is 4.77. The molecule has 16 heavy (non-hydrogen) atoms. The highest BCUT2D eigenvalue weighted by molar-refractivity contribution is 8.00. The van der Waals surface area contributed by atoms with Crippen LogP contribution in [0.15, 0.2) is 4.90 Å². The van der Waals surface area contributed by atoms with Crippen LogP contribution in [0, 0.1) is 34.6 Å². The molecule has 0 heterocycles. The average Bonchev–Trinajstić information content (AvgIpc) is 2.23. The van der Waals surface area contributed by atoms with Crippen LogP contribution in [0.5, 0.6) is 0 Å². The highest BCUT2D eigenvalue weighted by Crippen LogP contribution is 2.29. The van der Waals surface area contributed by atoms with E-state index in [1.165, 1.54) is 0 Å². The Bertz CT molecular complexity index is 504. The van der Waals surface area contributed by atoms with Gasteiger partial charge in [0, 0.05) is 0 Å². The third-order valence-corrected chi connectivity index (χ3v) is 5.43. The second kappa shape index (κ2) is 4.39. The Balaban J connectivity index is 3.79. The minimum Gasteiger partial charge on any atom is -0.206 e. The second-order valence-electron chi connectivity index (χ2n) is 4.05. The van der Waals surface area contributed by atoms with Gasteiger partial charge in [0.25, 0.3) is 0 Å². The standard InChI is InChI=1S/C11H17NO2S2/c1-6-7(2)9(4)11(10(5)8(6)3)16(13,14)12-15/h12,15H,1-5H3. The molecule has 0 atom stereocenters. The van der Waals surface area contributed by atoms with Gasteiger partial charge < -0.3 is 0 Å². The molecule has 0 aromatic heterocycles. The minimum absolute atomic E-state index is 0.350. The summed E-state index contributed by atoms with van der Waals surface area (Å²) in [5, 5.41) is 0. The zero-order valence-electron chi connectivity index (χ0n) is 10.2. The Morgan fingerprint density at radius 1 is 0.812 bits per heavy atom. The monoisotopic (exact) mass is 259 g/mol. The molecule has 0 aliphatic carbocycles. The molecule has 90 valence electrons. The molecule has 1 rings (SSSR count). The molecule has 0 unspecified atom stereocenters. The van der Waals surface area contributed by atoms with E-state index in [1.807, 2.05) is 34.6 Å². The van der Waals surface area contributed by atoms with Crippen LogP contribution < -0.4 is 4.13 Å². The van der Waals surface area contributed by atoms with E-state index in [1.54, 1.807) is 0 Å². The van der Waals surface area contributed by atoms with Crippen molar-refractivity contribution in [2.24, 2.45) is 0 Å². The molecule has 0 aliphatic heterocycles. The van der Waals surface area contributed by atoms with Crippen molar-refractivity contribution in [3.05, 3.63) is 27.8 Å². The van der Waals surface area contributed by atoms with Crippen LogP contribution in [-0.2, 0) is 10.0 Å². The van der Waals surface area contributed by atoms with Gasteiger partial charge in [0.05, 0.1) is 4.90 Å². The predicted molar refractivity (Wildman–Crippen MR) is 69.4 cm³/mol. The summed E-state index contributed by atoms with van der Waals surface area (Å²) in [5.74, 6) is 0. The largest absolute Gasteiger partial charge is 0.250 e. The normalized spacial score (nSPS) is 11.9. The Hall–Kier alpha value is -0.520. The van der Waals surface area contributed by atoms with Gasteiger partial charge in [0.2, 0.25) is 10.0 Å². The van der Waals surface area contributed by atoms with Crippen LogP contribution in [0.3, 0.4) is 0 Å². The van der Waals surface area contributed by atoms with Crippen molar-refractivity contribution in [3.63, 3.8) is 0 Å². The maximum atomic E-state index is 11.9. The number of rotatable bonds is 2. The molecule has 5 heteroatoms. The number of sulfonamides is 1. The fourth-order valence-corrected chi connectivity index (χ4v) is 3.39. The maximum Gasteiger partial charge on any atom is 0.250 e. The molecule has 0 fully saturated rings. The summed E-state index contributed by atoms with van der Waals surface area (Å²) in [6.07, 6.45) is 0. The lowest BCUT2D eigenvalue weighted by Crippen LogP contribution is -2.18. The first-order valence-corrected chi connectivity index (χ1v) is 6.90. The zero-order valence-corrected chi connectivity index (χ0v) is 11.9. The van der Waals surface area contributed by atoms with Crippen molar-refractivity contribution in [2.75, 3.05) is 0 Å². The molecule has 1 N–H and O–H groups in total. The summed E-state index contributed by atoms with van der Waals surface area (Å²) in [6, 6.07) is 0. The maximum absolute atomic E-state index is 11.9. The second-order valence-corrected chi connectivity index (χ2v) is 6.19. The minimum atomic E-state index is -3.51. The summed E-state index contributed by atoms with van der Waals surface area (Å²) in [4.78, 5) is 0.350. The van der Waals surface area contributed by atoms with E-state index in [0.717, 1.165) is 27.8 Å².